The Kier molecular flexibility index (Phi) is 2.83. The lowest BCUT2D eigenvalue weighted by atomic mass is 10.2. The van der Waals surface area contributed by atoms with Gasteiger partial charge in [0.15, 0.2) is 4.96 Å². The highest BCUT2D eigenvalue weighted by atomic mass is 32.2. The molecule has 0 amide bonds. The zero-order valence-electron chi connectivity index (χ0n) is 11.3. The maximum Gasteiger partial charge on any atom is 0.238 e. The van der Waals surface area contributed by atoms with Gasteiger partial charge in [0, 0.05) is 11.8 Å². The molecule has 22 heavy (non-hydrogen) atoms. The molecule has 0 atom stereocenters. The van der Waals surface area contributed by atoms with Crippen molar-refractivity contribution in [3.63, 3.8) is 0 Å². The number of imidazole rings is 1. The minimum atomic E-state index is -3.72. The molecular weight excluding hydrogens is 318 g/mol. The van der Waals surface area contributed by atoms with Crippen LogP contribution in [-0.4, -0.2) is 17.8 Å². The molecule has 5 nitrogen and oxygen atoms in total. The van der Waals surface area contributed by atoms with Gasteiger partial charge in [-0.3, -0.25) is 4.40 Å². The summed E-state index contributed by atoms with van der Waals surface area (Å²) in [5.41, 5.74) is 2.54. The van der Waals surface area contributed by atoms with E-state index >= 15 is 0 Å². The minimum Gasteiger partial charge on any atom is -0.290 e. The van der Waals surface area contributed by atoms with Crippen LogP contribution in [0.4, 0.5) is 0 Å². The number of hydrogen-bond acceptors (Lipinski definition) is 4. The van der Waals surface area contributed by atoms with Crippen molar-refractivity contribution in [3.8, 4) is 11.3 Å². The van der Waals surface area contributed by atoms with Crippen molar-refractivity contribution in [1.29, 1.82) is 0 Å². The van der Waals surface area contributed by atoms with E-state index in [4.69, 9.17) is 5.14 Å². The molecule has 0 unspecified atom stereocenters. The quantitative estimate of drug-likeness (QED) is 0.614. The maximum absolute atomic E-state index is 11.5. The van der Waals surface area contributed by atoms with Crippen LogP contribution in [-0.2, 0) is 10.0 Å². The van der Waals surface area contributed by atoms with Crippen LogP contribution in [0, 0.1) is 0 Å². The van der Waals surface area contributed by atoms with Gasteiger partial charge in [-0.05, 0) is 24.3 Å². The zero-order valence-corrected chi connectivity index (χ0v) is 12.9. The van der Waals surface area contributed by atoms with Crippen molar-refractivity contribution in [2.45, 2.75) is 4.90 Å². The van der Waals surface area contributed by atoms with Gasteiger partial charge in [0.1, 0.15) is 0 Å². The van der Waals surface area contributed by atoms with E-state index in [2.05, 4.69) is 11.1 Å². The number of sulfonamides is 1. The molecule has 0 bridgehead atoms. The molecule has 0 aliphatic heterocycles. The van der Waals surface area contributed by atoms with Crippen LogP contribution < -0.4 is 5.14 Å². The SMILES string of the molecule is NS(=O)(=O)c1cccc(-c2cn3c(n2)sc2ccccc23)c1. The molecule has 0 saturated carbocycles. The maximum atomic E-state index is 11.5. The smallest absolute Gasteiger partial charge is 0.238 e. The lowest BCUT2D eigenvalue weighted by Crippen LogP contribution is -2.11. The zero-order chi connectivity index (χ0) is 15.3. The third-order valence-corrected chi connectivity index (χ3v) is 5.40. The van der Waals surface area contributed by atoms with Crippen LogP contribution in [0.3, 0.4) is 0 Å². The molecule has 4 aromatic rings. The minimum absolute atomic E-state index is 0.0891. The standard InChI is InChI=1S/C15H11N3O2S2/c16-22(19,20)11-5-3-4-10(8-11)12-9-18-13-6-1-2-7-14(13)21-15(18)17-12/h1-9H,(H2,16,19,20). The summed E-state index contributed by atoms with van der Waals surface area (Å²) >= 11 is 1.60. The number of fused-ring (bicyclic) bond motifs is 3. The average Bonchev–Trinajstić information content (AvgIpc) is 3.04. The number of thiazole rings is 1. The van der Waals surface area contributed by atoms with Crippen molar-refractivity contribution in [2.75, 3.05) is 0 Å². The topological polar surface area (TPSA) is 77.5 Å². The van der Waals surface area contributed by atoms with Gasteiger partial charge in [0.05, 0.1) is 20.8 Å². The number of aromatic nitrogens is 2. The van der Waals surface area contributed by atoms with E-state index in [1.54, 1.807) is 23.5 Å². The highest BCUT2D eigenvalue weighted by Gasteiger charge is 2.12. The number of nitrogens with two attached hydrogens (primary N) is 1. The predicted octanol–water partition coefficient (Wildman–Crippen LogP) is 2.86. The van der Waals surface area contributed by atoms with Gasteiger partial charge in [-0.25, -0.2) is 18.5 Å². The van der Waals surface area contributed by atoms with Gasteiger partial charge in [-0.2, -0.15) is 0 Å². The third-order valence-electron chi connectivity index (χ3n) is 3.46. The van der Waals surface area contributed by atoms with E-state index in [1.807, 2.05) is 34.9 Å². The summed E-state index contributed by atoms with van der Waals surface area (Å²) in [6.45, 7) is 0. The number of primary sulfonamides is 1. The van der Waals surface area contributed by atoms with E-state index in [1.165, 1.54) is 6.07 Å². The number of benzene rings is 2. The Morgan fingerprint density at radius 1 is 1.09 bits per heavy atom. The summed E-state index contributed by atoms with van der Waals surface area (Å²) in [7, 11) is -3.72. The van der Waals surface area contributed by atoms with Crippen LogP contribution in [0.5, 0.6) is 0 Å². The largest absolute Gasteiger partial charge is 0.290 e. The van der Waals surface area contributed by atoms with E-state index in [9.17, 15) is 8.42 Å². The first-order valence-corrected chi connectivity index (χ1v) is 8.88. The van der Waals surface area contributed by atoms with E-state index in [0.717, 1.165) is 26.4 Å². The number of hydrogen-bond donors (Lipinski definition) is 1. The van der Waals surface area contributed by atoms with E-state index < -0.39 is 10.0 Å². The Hall–Kier alpha value is -2.22. The Bertz CT molecular complexity index is 1110. The molecule has 0 aliphatic rings. The first kappa shape index (κ1) is 13.4. The molecule has 0 radical (unpaired) electrons. The Morgan fingerprint density at radius 3 is 2.73 bits per heavy atom. The molecule has 4 rings (SSSR count). The van der Waals surface area contributed by atoms with Gasteiger partial charge < -0.3 is 0 Å². The second-order valence-corrected chi connectivity index (χ2v) is 7.49. The first-order chi connectivity index (χ1) is 10.5. The molecule has 0 fully saturated rings. The first-order valence-electron chi connectivity index (χ1n) is 6.52. The van der Waals surface area contributed by atoms with Crippen molar-refractivity contribution in [2.24, 2.45) is 5.14 Å². The molecule has 0 spiro atoms. The van der Waals surface area contributed by atoms with Crippen molar-refractivity contribution in [1.82, 2.24) is 9.38 Å². The summed E-state index contributed by atoms with van der Waals surface area (Å²) in [6.07, 6.45) is 1.91. The molecule has 7 heteroatoms. The molecule has 2 heterocycles. The summed E-state index contributed by atoms with van der Waals surface area (Å²) in [5.74, 6) is 0. The fourth-order valence-electron chi connectivity index (χ4n) is 2.42. The Morgan fingerprint density at radius 2 is 1.91 bits per heavy atom. The lowest BCUT2D eigenvalue weighted by Gasteiger charge is -2.00. The highest BCUT2D eigenvalue weighted by Crippen LogP contribution is 2.29. The molecule has 110 valence electrons. The van der Waals surface area contributed by atoms with Gasteiger partial charge in [0.2, 0.25) is 10.0 Å². The molecule has 2 aromatic carbocycles. The van der Waals surface area contributed by atoms with Gasteiger partial charge in [0.25, 0.3) is 0 Å². The van der Waals surface area contributed by atoms with Gasteiger partial charge in [-0.15, -0.1) is 0 Å². The summed E-state index contributed by atoms with van der Waals surface area (Å²) in [5, 5.41) is 5.18. The Balaban J connectivity index is 1.91. The molecule has 0 aliphatic carbocycles. The highest BCUT2D eigenvalue weighted by molar-refractivity contribution is 7.89. The Labute approximate surface area is 130 Å². The summed E-state index contributed by atoms with van der Waals surface area (Å²) in [6, 6.07) is 14.6. The fraction of sp³-hybridized carbons (Fsp3) is 0. The van der Waals surface area contributed by atoms with Crippen LogP contribution >= 0.6 is 11.3 Å². The van der Waals surface area contributed by atoms with Crippen LogP contribution in [0.2, 0.25) is 0 Å². The molecule has 2 aromatic heterocycles. The van der Waals surface area contributed by atoms with Crippen molar-refractivity contribution >= 4 is 36.5 Å². The normalized spacial score (nSPS) is 12.2. The van der Waals surface area contributed by atoms with Gasteiger partial charge in [-0.1, -0.05) is 35.6 Å². The van der Waals surface area contributed by atoms with Crippen LogP contribution in [0.25, 0.3) is 26.4 Å². The van der Waals surface area contributed by atoms with Crippen LogP contribution in [0.15, 0.2) is 59.6 Å². The summed E-state index contributed by atoms with van der Waals surface area (Å²) < 4.78 is 26.1. The van der Waals surface area contributed by atoms with Gasteiger partial charge >= 0.3 is 0 Å². The van der Waals surface area contributed by atoms with Crippen LogP contribution in [0.1, 0.15) is 0 Å². The molecule has 2 N–H and O–H groups in total. The van der Waals surface area contributed by atoms with E-state index in [-0.39, 0.29) is 4.90 Å². The van der Waals surface area contributed by atoms with Crippen molar-refractivity contribution in [3.05, 3.63) is 54.7 Å². The number of para-hydroxylation sites is 1. The second-order valence-electron chi connectivity index (χ2n) is 4.92. The lowest BCUT2D eigenvalue weighted by molar-refractivity contribution is 0.598. The fourth-order valence-corrected chi connectivity index (χ4v) is 3.99. The number of nitrogens with zero attached hydrogens (tertiary/aromatic N) is 2. The molecular formula is C15H11N3O2S2. The van der Waals surface area contributed by atoms with E-state index in [0.29, 0.717) is 0 Å². The second kappa shape index (κ2) is 4.64. The van der Waals surface area contributed by atoms with Crippen molar-refractivity contribution < 1.29 is 8.42 Å². The summed E-state index contributed by atoms with van der Waals surface area (Å²) in [4.78, 5) is 5.55. The molecule has 0 saturated heterocycles. The number of rotatable bonds is 2. The predicted molar refractivity (Wildman–Crippen MR) is 87.4 cm³/mol. The average molecular weight is 329 g/mol. The third kappa shape index (κ3) is 2.10. The monoisotopic (exact) mass is 329 g/mol.